The second-order valence-electron chi connectivity index (χ2n) is 8.49. The van der Waals surface area contributed by atoms with E-state index in [0.717, 1.165) is 48.7 Å². The number of nitrogens with zero attached hydrogens (tertiary/aromatic N) is 2. The Bertz CT molecular complexity index is 1060. The summed E-state index contributed by atoms with van der Waals surface area (Å²) in [5.41, 5.74) is 4.07. The molecule has 0 aromatic heterocycles. The number of carbonyl (C=O) groups is 2. The van der Waals surface area contributed by atoms with E-state index in [1.165, 1.54) is 7.11 Å². The van der Waals surface area contributed by atoms with Crippen molar-refractivity contribution < 1.29 is 19.1 Å². The molecule has 2 aromatic carbocycles. The van der Waals surface area contributed by atoms with Gasteiger partial charge < -0.3 is 25.0 Å². The lowest BCUT2D eigenvalue weighted by atomic mass is 9.94. The van der Waals surface area contributed by atoms with Crippen LogP contribution in [0.5, 0.6) is 5.75 Å². The molecular formula is C26H32N4O4. The summed E-state index contributed by atoms with van der Waals surface area (Å²) in [5, 5.41) is 5.74. The van der Waals surface area contributed by atoms with Crippen molar-refractivity contribution in [3.05, 3.63) is 70.9 Å². The van der Waals surface area contributed by atoms with E-state index in [0.29, 0.717) is 24.4 Å². The van der Waals surface area contributed by atoms with Crippen LogP contribution < -0.4 is 20.3 Å². The zero-order valence-corrected chi connectivity index (χ0v) is 20.0. The molecule has 0 aliphatic carbocycles. The van der Waals surface area contributed by atoms with Crippen LogP contribution in [0.15, 0.2) is 59.8 Å². The van der Waals surface area contributed by atoms with E-state index in [1.807, 2.05) is 56.3 Å². The van der Waals surface area contributed by atoms with Crippen molar-refractivity contribution in [3.63, 3.8) is 0 Å². The molecular weight excluding hydrogens is 432 g/mol. The minimum atomic E-state index is -0.559. The molecule has 180 valence electrons. The Hall–Kier alpha value is -3.52. The molecule has 2 N–H and O–H groups in total. The summed E-state index contributed by atoms with van der Waals surface area (Å²) in [6, 6.07) is 15.0. The van der Waals surface area contributed by atoms with Gasteiger partial charge in [-0.05, 0) is 31.5 Å². The number of amides is 2. The van der Waals surface area contributed by atoms with E-state index in [1.54, 1.807) is 0 Å². The smallest absolute Gasteiger partial charge is 0.338 e. The van der Waals surface area contributed by atoms with Crippen molar-refractivity contribution in [2.75, 3.05) is 51.3 Å². The molecule has 0 bridgehead atoms. The Morgan fingerprint density at radius 3 is 2.44 bits per heavy atom. The third-order valence-corrected chi connectivity index (χ3v) is 6.23. The molecule has 34 heavy (non-hydrogen) atoms. The zero-order valence-electron chi connectivity index (χ0n) is 20.0. The number of esters is 1. The van der Waals surface area contributed by atoms with Crippen LogP contribution in [-0.2, 0) is 9.53 Å². The van der Waals surface area contributed by atoms with Crippen LogP contribution in [0.4, 0.5) is 10.5 Å². The number of piperazine rings is 1. The number of aryl methyl sites for hydroxylation is 1. The fraction of sp³-hybridized carbons (Fsp3) is 0.385. The quantitative estimate of drug-likeness (QED) is 0.613. The maximum Gasteiger partial charge on any atom is 0.338 e. The molecule has 1 atom stereocenters. The van der Waals surface area contributed by atoms with Crippen LogP contribution in [0, 0.1) is 6.92 Å². The monoisotopic (exact) mass is 464 g/mol. The molecule has 2 amide bonds. The number of hydrogen-bond donors (Lipinski definition) is 2. The van der Waals surface area contributed by atoms with Crippen molar-refractivity contribution in [3.8, 4) is 5.75 Å². The lowest BCUT2D eigenvalue weighted by Crippen LogP contribution is -2.51. The molecule has 4 rings (SSSR count). The normalized spacial score (nSPS) is 18.9. The summed E-state index contributed by atoms with van der Waals surface area (Å²) in [4.78, 5) is 29.9. The SMILES string of the molecule is CCOc1ccccc1N1CCN(CC2=C(C(=O)OC)C(c3ccc(C)cc3)NC(=O)N2)CC1. The molecule has 0 spiro atoms. The molecule has 2 aliphatic rings. The fourth-order valence-electron chi connectivity index (χ4n) is 4.47. The van der Waals surface area contributed by atoms with Crippen molar-refractivity contribution in [1.82, 2.24) is 15.5 Å². The first-order chi connectivity index (χ1) is 16.5. The highest BCUT2D eigenvalue weighted by atomic mass is 16.5. The van der Waals surface area contributed by atoms with E-state index in [2.05, 4.69) is 26.5 Å². The molecule has 2 heterocycles. The average Bonchev–Trinajstić information content (AvgIpc) is 2.85. The van der Waals surface area contributed by atoms with E-state index in [9.17, 15) is 9.59 Å². The highest BCUT2D eigenvalue weighted by Gasteiger charge is 2.34. The number of methoxy groups -OCH3 is 1. The minimum Gasteiger partial charge on any atom is -0.492 e. The number of nitrogens with one attached hydrogen (secondary N) is 2. The molecule has 1 saturated heterocycles. The third kappa shape index (κ3) is 5.17. The van der Waals surface area contributed by atoms with Gasteiger partial charge in [0.15, 0.2) is 0 Å². The van der Waals surface area contributed by atoms with Crippen LogP contribution in [-0.4, -0.2) is 63.3 Å². The highest BCUT2D eigenvalue weighted by Crippen LogP contribution is 2.30. The zero-order chi connectivity index (χ0) is 24.1. The van der Waals surface area contributed by atoms with Gasteiger partial charge >= 0.3 is 12.0 Å². The lowest BCUT2D eigenvalue weighted by molar-refractivity contribution is -0.136. The number of anilines is 1. The molecule has 2 aliphatic heterocycles. The number of hydrogen-bond acceptors (Lipinski definition) is 6. The maximum atomic E-state index is 12.8. The van der Waals surface area contributed by atoms with Gasteiger partial charge in [0.05, 0.1) is 31.0 Å². The molecule has 8 heteroatoms. The largest absolute Gasteiger partial charge is 0.492 e. The Balaban J connectivity index is 1.53. The van der Waals surface area contributed by atoms with Gasteiger partial charge in [-0.2, -0.15) is 0 Å². The number of benzene rings is 2. The van der Waals surface area contributed by atoms with Gasteiger partial charge in [0.2, 0.25) is 0 Å². The van der Waals surface area contributed by atoms with Crippen LogP contribution in [0.2, 0.25) is 0 Å². The summed E-state index contributed by atoms with van der Waals surface area (Å²) in [5.74, 6) is 0.443. The van der Waals surface area contributed by atoms with Gasteiger partial charge in [-0.3, -0.25) is 4.90 Å². The molecule has 2 aromatic rings. The van der Waals surface area contributed by atoms with Crippen molar-refractivity contribution >= 4 is 17.7 Å². The average molecular weight is 465 g/mol. The van der Waals surface area contributed by atoms with Gasteiger partial charge in [-0.1, -0.05) is 42.0 Å². The Labute approximate surface area is 200 Å². The topological polar surface area (TPSA) is 83.1 Å². The second-order valence-corrected chi connectivity index (χ2v) is 8.49. The first-order valence-electron chi connectivity index (χ1n) is 11.6. The fourth-order valence-corrected chi connectivity index (χ4v) is 4.47. The molecule has 0 saturated carbocycles. The van der Waals surface area contributed by atoms with Crippen molar-refractivity contribution in [2.45, 2.75) is 19.9 Å². The third-order valence-electron chi connectivity index (χ3n) is 6.23. The predicted molar refractivity (Wildman–Crippen MR) is 131 cm³/mol. The summed E-state index contributed by atoms with van der Waals surface area (Å²) in [6.07, 6.45) is 0. The van der Waals surface area contributed by atoms with Crippen LogP contribution in [0.25, 0.3) is 0 Å². The first kappa shape index (κ1) is 23.6. The number of rotatable bonds is 7. The van der Waals surface area contributed by atoms with Crippen molar-refractivity contribution in [1.29, 1.82) is 0 Å². The van der Waals surface area contributed by atoms with E-state index < -0.39 is 12.0 Å². The van der Waals surface area contributed by atoms with E-state index in [4.69, 9.17) is 9.47 Å². The van der Waals surface area contributed by atoms with Gasteiger partial charge in [0, 0.05) is 38.4 Å². The van der Waals surface area contributed by atoms with Gasteiger partial charge in [0.1, 0.15) is 5.75 Å². The van der Waals surface area contributed by atoms with Crippen LogP contribution >= 0.6 is 0 Å². The van der Waals surface area contributed by atoms with Gasteiger partial charge in [-0.15, -0.1) is 0 Å². The number of carbonyl (C=O) groups excluding carboxylic acids is 2. The first-order valence-corrected chi connectivity index (χ1v) is 11.6. The van der Waals surface area contributed by atoms with Crippen LogP contribution in [0.3, 0.4) is 0 Å². The lowest BCUT2D eigenvalue weighted by Gasteiger charge is -2.38. The van der Waals surface area contributed by atoms with Gasteiger partial charge in [-0.25, -0.2) is 9.59 Å². The Morgan fingerprint density at radius 1 is 1.06 bits per heavy atom. The summed E-state index contributed by atoms with van der Waals surface area (Å²) in [6.45, 7) is 8.28. The Morgan fingerprint density at radius 2 is 1.76 bits per heavy atom. The number of urea groups is 1. The summed E-state index contributed by atoms with van der Waals surface area (Å²) >= 11 is 0. The van der Waals surface area contributed by atoms with Crippen LogP contribution in [0.1, 0.15) is 24.1 Å². The minimum absolute atomic E-state index is 0.322. The summed E-state index contributed by atoms with van der Waals surface area (Å²) < 4.78 is 10.9. The molecule has 0 radical (unpaired) electrons. The van der Waals surface area contributed by atoms with Crippen molar-refractivity contribution in [2.24, 2.45) is 0 Å². The Kier molecular flexibility index (Phi) is 7.37. The standard InChI is InChI=1S/C26H32N4O4/c1-4-34-22-8-6-5-7-21(22)30-15-13-29(14-16-30)17-20-23(25(31)33-3)24(28-26(32)27-20)19-11-9-18(2)10-12-19/h5-12,24H,4,13-17H2,1-3H3,(H2,27,28,32). The molecule has 8 nitrogen and oxygen atoms in total. The summed E-state index contributed by atoms with van der Waals surface area (Å²) in [7, 11) is 1.37. The predicted octanol–water partition coefficient (Wildman–Crippen LogP) is 3.00. The van der Waals surface area contributed by atoms with Gasteiger partial charge in [0.25, 0.3) is 0 Å². The molecule has 1 unspecified atom stereocenters. The number of ether oxygens (including phenoxy) is 2. The molecule has 1 fully saturated rings. The van der Waals surface area contributed by atoms with E-state index in [-0.39, 0.29) is 6.03 Å². The maximum absolute atomic E-state index is 12.8. The number of para-hydroxylation sites is 2. The highest BCUT2D eigenvalue weighted by molar-refractivity contribution is 5.95. The van der Waals surface area contributed by atoms with E-state index >= 15 is 0 Å². The second kappa shape index (κ2) is 10.6.